The summed E-state index contributed by atoms with van der Waals surface area (Å²) in [6, 6.07) is 2.24. The highest BCUT2D eigenvalue weighted by Gasteiger charge is 2.31. The second-order valence-electron chi connectivity index (χ2n) is 7.05. The van der Waals surface area contributed by atoms with E-state index in [0.717, 1.165) is 74.9 Å². The standard InChI is InChI=1S/C18H27N7O2S/c1-23-16(21-22-18(23)28-12-9-26)15-3-2-6-25(15)13-14-4-5-19-17(20-14)24-7-10-27-11-8-24/h4-5,15,26H,2-3,6-13H2,1H3/t15-/m0/s1. The molecule has 2 aliphatic rings. The Bertz CT molecular complexity index is 781. The van der Waals surface area contributed by atoms with Crippen molar-refractivity contribution in [3.63, 3.8) is 0 Å². The highest BCUT2D eigenvalue weighted by Crippen LogP contribution is 2.33. The number of anilines is 1. The molecule has 9 nitrogen and oxygen atoms in total. The second-order valence-corrected chi connectivity index (χ2v) is 8.11. The molecule has 2 saturated heterocycles. The summed E-state index contributed by atoms with van der Waals surface area (Å²) in [4.78, 5) is 13.9. The zero-order valence-electron chi connectivity index (χ0n) is 16.2. The van der Waals surface area contributed by atoms with Gasteiger partial charge in [-0.1, -0.05) is 11.8 Å². The molecule has 2 fully saturated rings. The Balaban J connectivity index is 1.46. The molecule has 2 aromatic heterocycles. The lowest BCUT2D eigenvalue weighted by molar-refractivity contribution is 0.122. The summed E-state index contributed by atoms with van der Waals surface area (Å²) in [6.45, 7) is 5.06. The smallest absolute Gasteiger partial charge is 0.225 e. The van der Waals surface area contributed by atoms with Gasteiger partial charge in [0.15, 0.2) is 11.0 Å². The first kappa shape index (κ1) is 19.6. The van der Waals surface area contributed by atoms with Crippen molar-refractivity contribution in [2.45, 2.75) is 30.6 Å². The van der Waals surface area contributed by atoms with Crippen LogP contribution in [-0.2, 0) is 18.3 Å². The Morgan fingerprint density at radius 3 is 2.93 bits per heavy atom. The zero-order chi connectivity index (χ0) is 19.3. The van der Waals surface area contributed by atoms with Gasteiger partial charge >= 0.3 is 0 Å². The molecule has 1 atom stereocenters. The normalized spacial score (nSPS) is 20.8. The van der Waals surface area contributed by atoms with Crippen LogP contribution in [-0.4, -0.2) is 79.9 Å². The summed E-state index contributed by atoms with van der Waals surface area (Å²) in [5, 5.41) is 18.7. The Hall–Kier alpha value is -1.75. The minimum atomic E-state index is 0.140. The molecule has 0 radical (unpaired) electrons. The van der Waals surface area contributed by atoms with E-state index in [2.05, 4.69) is 29.5 Å². The van der Waals surface area contributed by atoms with Crippen molar-refractivity contribution < 1.29 is 9.84 Å². The number of thioether (sulfide) groups is 1. The van der Waals surface area contributed by atoms with Gasteiger partial charge in [0.1, 0.15) is 0 Å². The van der Waals surface area contributed by atoms with Gasteiger partial charge in [-0.05, 0) is 25.5 Å². The molecule has 1 N–H and O–H groups in total. The van der Waals surface area contributed by atoms with Gasteiger partial charge in [0, 0.05) is 38.6 Å². The number of ether oxygens (including phenoxy) is 1. The Morgan fingerprint density at radius 2 is 2.11 bits per heavy atom. The Kier molecular flexibility index (Phi) is 6.40. The van der Waals surface area contributed by atoms with E-state index in [1.807, 2.05) is 19.3 Å². The number of aliphatic hydroxyl groups excluding tert-OH is 1. The molecule has 10 heteroatoms. The molecule has 0 amide bonds. The average molecular weight is 406 g/mol. The lowest BCUT2D eigenvalue weighted by Gasteiger charge is -2.27. The van der Waals surface area contributed by atoms with Crippen molar-refractivity contribution in [1.82, 2.24) is 29.6 Å². The minimum Gasteiger partial charge on any atom is -0.396 e. The second kappa shape index (κ2) is 9.17. The van der Waals surface area contributed by atoms with Crippen LogP contribution in [0.2, 0.25) is 0 Å². The predicted molar refractivity (Wildman–Crippen MR) is 106 cm³/mol. The maximum atomic E-state index is 9.05. The monoisotopic (exact) mass is 405 g/mol. The van der Waals surface area contributed by atoms with E-state index in [0.29, 0.717) is 5.75 Å². The molecule has 152 valence electrons. The molecule has 0 spiro atoms. The summed E-state index contributed by atoms with van der Waals surface area (Å²) in [6.07, 6.45) is 4.06. The summed E-state index contributed by atoms with van der Waals surface area (Å²) >= 11 is 1.53. The van der Waals surface area contributed by atoms with E-state index < -0.39 is 0 Å². The number of morpholine rings is 1. The molecule has 4 heterocycles. The van der Waals surface area contributed by atoms with Gasteiger partial charge in [0.2, 0.25) is 5.95 Å². The fraction of sp³-hybridized carbons (Fsp3) is 0.667. The quantitative estimate of drug-likeness (QED) is 0.673. The van der Waals surface area contributed by atoms with Crippen molar-refractivity contribution in [2.24, 2.45) is 7.05 Å². The third-order valence-electron chi connectivity index (χ3n) is 5.21. The van der Waals surface area contributed by atoms with E-state index in [1.165, 1.54) is 11.8 Å². The summed E-state index contributed by atoms with van der Waals surface area (Å²) in [5.41, 5.74) is 1.03. The first-order valence-corrected chi connectivity index (χ1v) is 10.8. The molecule has 0 aromatic carbocycles. The first-order chi connectivity index (χ1) is 13.8. The van der Waals surface area contributed by atoms with Crippen LogP contribution in [0.5, 0.6) is 0 Å². The van der Waals surface area contributed by atoms with Gasteiger partial charge in [0.25, 0.3) is 0 Å². The maximum Gasteiger partial charge on any atom is 0.225 e. The number of hydrogen-bond donors (Lipinski definition) is 1. The SMILES string of the molecule is Cn1c(SCCO)nnc1[C@@H]1CCCN1Cc1ccnc(N2CCOCC2)n1. The van der Waals surface area contributed by atoms with Crippen LogP contribution in [0.15, 0.2) is 17.4 Å². The number of aromatic nitrogens is 5. The fourth-order valence-corrected chi connectivity index (χ4v) is 4.44. The van der Waals surface area contributed by atoms with Gasteiger partial charge in [-0.3, -0.25) is 4.90 Å². The molecule has 0 unspecified atom stereocenters. The van der Waals surface area contributed by atoms with Gasteiger partial charge in [-0.15, -0.1) is 10.2 Å². The van der Waals surface area contributed by atoms with Crippen molar-refractivity contribution in [1.29, 1.82) is 0 Å². The molecule has 2 aromatic rings. The van der Waals surface area contributed by atoms with E-state index in [1.54, 1.807) is 0 Å². The van der Waals surface area contributed by atoms with Crippen molar-refractivity contribution in [2.75, 3.05) is 50.1 Å². The molecular formula is C18H27N7O2S. The van der Waals surface area contributed by atoms with Gasteiger partial charge in [0.05, 0.1) is 31.6 Å². The minimum absolute atomic E-state index is 0.140. The third kappa shape index (κ3) is 4.29. The van der Waals surface area contributed by atoms with Crippen LogP contribution < -0.4 is 4.90 Å². The fourth-order valence-electron chi connectivity index (χ4n) is 3.78. The van der Waals surface area contributed by atoms with Crippen molar-refractivity contribution in [3.8, 4) is 0 Å². The molecule has 28 heavy (non-hydrogen) atoms. The van der Waals surface area contributed by atoms with Crippen LogP contribution in [0.4, 0.5) is 5.95 Å². The highest BCUT2D eigenvalue weighted by atomic mass is 32.2. The number of likely N-dealkylation sites (tertiary alicyclic amines) is 1. The average Bonchev–Trinajstić information content (AvgIpc) is 3.33. The number of nitrogens with zero attached hydrogens (tertiary/aromatic N) is 7. The van der Waals surface area contributed by atoms with Crippen LogP contribution in [0, 0.1) is 0 Å². The maximum absolute atomic E-state index is 9.05. The first-order valence-electron chi connectivity index (χ1n) is 9.78. The summed E-state index contributed by atoms with van der Waals surface area (Å²) < 4.78 is 7.48. The van der Waals surface area contributed by atoms with E-state index >= 15 is 0 Å². The lowest BCUT2D eigenvalue weighted by atomic mass is 10.2. The number of aliphatic hydroxyl groups is 1. The predicted octanol–water partition coefficient (Wildman–Crippen LogP) is 0.863. The molecule has 4 rings (SSSR count). The number of rotatable bonds is 7. The van der Waals surface area contributed by atoms with Gasteiger partial charge in [-0.2, -0.15) is 0 Å². The van der Waals surface area contributed by atoms with Crippen LogP contribution in [0.3, 0.4) is 0 Å². The van der Waals surface area contributed by atoms with Crippen molar-refractivity contribution >= 4 is 17.7 Å². The summed E-state index contributed by atoms with van der Waals surface area (Å²) in [5.74, 6) is 2.41. The van der Waals surface area contributed by atoms with Gasteiger partial charge in [-0.25, -0.2) is 9.97 Å². The molecule has 0 saturated carbocycles. The highest BCUT2D eigenvalue weighted by molar-refractivity contribution is 7.99. The lowest BCUT2D eigenvalue weighted by Crippen LogP contribution is -2.37. The number of hydrogen-bond acceptors (Lipinski definition) is 9. The van der Waals surface area contributed by atoms with Crippen LogP contribution >= 0.6 is 11.8 Å². The molecule has 0 bridgehead atoms. The van der Waals surface area contributed by atoms with E-state index in [9.17, 15) is 0 Å². The van der Waals surface area contributed by atoms with Crippen molar-refractivity contribution in [3.05, 3.63) is 23.8 Å². The topological polar surface area (TPSA) is 92.4 Å². The zero-order valence-corrected chi connectivity index (χ0v) is 17.0. The molecular weight excluding hydrogens is 378 g/mol. The van der Waals surface area contributed by atoms with E-state index in [-0.39, 0.29) is 12.6 Å². The Morgan fingerprint density at radius 1 is 1.25 bits per heavy atom. The third-order valence-corrected chi connectivity index (χ3v) is 6.21. The summed E-state index contributed by atoms with van der Waals surface area (Å²) in [7, 11) is 2.01. The van der Waals surface area contributed by atoms with Gasteiger partial charge < -0.3 is 19.3 Å². The molecule has 2 aliphatic heterocycles. The van der Waals surface area contributed by atoms with E-state index in [4.69, 9.17) is 14.8 Å². The largest absolute Gasteiger partial charge is 0.396 e. The van der Waals surface area contributed by atoms with Crippen LogP contribution in [0.25, 0.3) is 0 Å². The molecule has 0 aliphatic carbocycles. The van der Waals surface area contributed by atoms with Crippen LogP contribution in [0.1, 0.15) is 30.4 Å². The Labute approximate surface area is 169 Å².